The van der Waals surface area contributed by atoms with Gasteiger partial charge in [0.1, 0.15) is 12.1 Å². The number of amides is 3. The molecule has 7 nitrogen and oxygen atoms in total. The topological polar surface area (TPSA) is 96.5 Å². The standard InChI is InChI=1S/C17H25N3O4/c1-11(2)15(22)20-13-8-6-7-12(9-13)19-14(21)10-18-16(23)24-17(3,4)5/h6-9,11H,10H2,1-5H3,(H,18,23)(H,19,21)(H,20,22). The van der Waals surface area contributed by atoms with Crippen molar-refractivity contribution >= 4 is 29.3 Å². The van der Waals surface area contributed by atoms with Crippen molar-refractivity contribution in [1.82, 2.24) is 5.32 Å². The van der Waals surface area contributed by atoms with Crippen molar-refractivity contribution in [3.63, 3.8) is 0 Å². The minimum atomic E-state index is -0.657. The van der Waals surface area contributed by atoms with E-state index < -0.39 is 17.6 Å². The molecule has 0 saturated heterocycles. The highest BCUT2D eigenvalue weighted by atomic mass is 16.6. The summed E-state index contributed by atoms with van der Waals surface area (Å²) in [6.45, 7) is 8.60. The molecule has 3 amide bonds. The lowest BCUT2D eigenvalue weighted by Crippen LogP contribution is -2.37. The first kappa shape index (κ1) is 19.5. The molecule has 1 aromatic carbocycles. The average Bonchev–Trinajstić information content (AvgIpc) is 2.43. The molecule has 0 aliphatic heterocycles. The smallest absolute Gasteiger partial charge is 0.408 e. The molecule has 0 saturated carbocycles. The number of carbonyl (C=O) groups is 3. The molecule has 0 aliphatic rings. The first-order valence-electron chi connectivity index (χ1n) is 7.74. The molecule has 0 heterocycles. The zero-order chi connectivity index (χ0) is 18.3. The van der Waals surface area contributed by atoms with E-state index >= 15 is 0 Å². The molecule has 0 bridgehead atoms. The van der Waals surface area contributed by atoms with E-state index in [1.165, 1.54) is 0 Å². The molecule has 0 unspecified atom stereocenters. The van der Waals surface area contributed by atoms with E-state index in [1.54, 1.807) is 58.9 Å². The van der Waals surface area contributed by atoms with E-state index in [-0.39, 0.29) is 18.4 Å². The Hall–Kier alpha value is -2.57. The van der Waals surface area contributed by atoms with Crippen LogP contribution in [0.15, 0.2) is 24.3 Å². The van der Waals surface area contributed by atoms with Gasteiger partial charge in [0.2, 0.25) is 11.8 Å². The molecular formula is C17H25N3O4. The van der Waals surface area contributed by atoms with Crippen LogP contribution in [0.2, 0.25) is 0 Å². The van der Waals surface area contributed by atoms with Crippen molar-refractivity contribution in [3.05, 3.63) is 24.3 Å². The van der Waals surface area contributed by atoms with Gasteiger partial charge < -0.3 is 20.7 Å². The van der Waals surface area contributed by atoms with Gasteiger partial charge in [0, 0.05) is 17.3 Å². The molecule has 0 aliphatic carbocycles. The first-order valence-corrected chi connectivity index (χ1v) is 7.74. The molecule has 0 aromatic heterocycles. The van der Waals surface area contributed by atoms with E-state index in [4.69, 9.17) is 4.74 Å². The largest absolute Gasteiger partial charge is 0.444 e. The van der Waals surface area contributed by atoms with Crippen LogP contribution in [0, 0.1) is 5.92 Å². The third kappa shape index (κ3) is 7.62. The van der Waals surface area contributed by atoms with Gasteiger partial charge in [-0.15, -0.1) is 0 Å². The lowest BCUT2D eigenvalue weighted by atomic mass is 10.2. The molecule has 7 heteroatoms. The maximum absolute atomic E-state index is 11.9. The van der Waals surface area contributed by atoms with Crippen LogP contribution in [-0.4, -0.2) is 30.1 Å². The predicted octanol–water partition coefficient (Wildman–Crippen LogP) is 2.74. The fourth-order valence-corrected chi connectivity index (χ4v) is 1.63. The van der Waals surface area contributed by atoms with Gasteiger partial charge in [-0.3, -0.25) is 9.59 Å². The number of ether oxygens (including phenoxy) is 1. The van der Waals surface area contributed by atoms with Gasteiger partial charge in [0.25, 0.3) is 0 Å². The Bertz CT molecular complexity index is 606. The SMILES string of the molecule is CC(C)C(=O)Nc1cccc(NC(=O)CNC(=O)OC(C)(C)C)c1. The van der Waals surface area contributed by atoms with E-state index in [0.717, 1.165) is 0 Å². The van der Waals surface area contributed by atoms with Crippen LogP contribution in [-0.2, 0) is 14.3 Å². The highest BCUT2D eigenvalue weighted by Crippen LogP contribution is 2.15. The van der Waals surface area contributed by atoms with Crippen LogP contribution in [0.5, 0.6) is 0 Å². The van der Waals surface area contributed by atoms with Crippen LogP contribution in [0.25, 0.3) is 0 Å². The van der Waals surface area contributed by atoms with Crippen LogP contribution in [0.4, 0.5) is 16.2 Å². The van der Waals surface area contributed by atoms with Gasteiger partial charge in [-0.2, -0.15) is 0 Å². The summed E-state index contributed by atoms with van der Waals surface area (Å²) in [7, 11) is 0. The third-order valence-corrected chi connectivity index (χ3v) is 2.73. The van der Waals surface area contributed by atoms with Gasteiger partial charge >= 0.3 is 6.09 Å². The Morgan fingerprint density at radius 1 is 1.08 bits per heavy atom. The molecular weight excluding hydrogens is 310 g/mol. The quantitative estimate of drug-likeness (QED) is 0.771. The number of anilines is 2. The summed E-state index contributed by atoms with van der Waals surface area (Å²) in [5.74, 6) is -0.639. The number of alkyl carbamates (subject to hydrolysis) is 1. The summed E-state index contributed by atoms with van der Waals surface area (Å²) in [6, 6.07) is 6.78. The zero-order valence-electron chi connectivity index (χ0n) is 14.7. The van der Waals surface area contributed by atoms with E-state index in [0.29, 0.717) is 11.4 Å². The lowest BCUT2D eigenvalue weighted by molar-refractivity contribution is -0.119. The average molecular weight is 335 g/mol. The molecule has 1 rings (SSSR count). The second kappa shape index (κ2) is 8.33. The van der Waals surface area contributed by atoms with E-state index in [2.05, 4.69) is 16.0 Å². The summed E-state index contributed by atoms with van der Waals surface area (Å²) in [5.41, 5.74) is 0.489. The number of benzene rings is 1. The summed E-state index contributed by atoms with van der Waals surface area (Å²) in [6.07, 6.45) is -0.657. The minimum absolute atomic E-state index is 0.106. The summed E-state index contributed by atoms with van der Waals surface area (Å²) in [4.78, 5) is 35.0. The maximum atomic E-state index is 11.9. The number of hydrogen-bond acceptors (Lipinski definition) is 4. The fraction of sp³-hybridized carbons (Fsp3) is 0.471. The maximum Gasteiger partial charge on any atom is 0.408 e. The van der Waals surface area contributed by atoms with E-state index in [1.807, 2.05) is 0 Å². The zero-order valence-corrected chi connectivity index (χ0v) is 14.7. The molecule has 0 spiro atoms. The monoisotopic (exact) mass is 335 g/mol. The van der Waals surface area contributed by atoms with Crippen LogP contribution >= 0.6 is 0 Å². The number of rotatable bonds is 5. The number of nitrogens with one attached hydrogen (secondary N) is 3. The van der Waals surface area contributed by atoms with Gasteiger partial charge in [0.05, 0.1) is 0 Å². The van der Waals surface area contributed by atoms with Gasteiger partial charge in [0.15, 0.2) is 0 Å². The lowest BCUT2D eigenvalue weighted by Gasteiger charge is -2.19. The van der Waals surface area contributed by atoms with Crippen molar-refractivity contribution < 1.29 is 19.1 Å². The highest BCUT2D eigenvalue weighted by Gasteiger charge is 2.16. The second-order valence-electron chi connectivity index (χ2n) is 6.63. The number of hydrogen-bond donors (Lipinski definition) is 3. The Morgan fingerprint density at radius 2 is 1.67 bits per heavy atom. The third-order valence-electron chi connectivity index (χ3n) is 2.73. The molecule has 0 radical (unpaired) electrons. The molecule has 0 fully saturated rings. The molecule has 24 heavy (non-hydrogen) atoms. The summed E-state index contributed by atoms with van der Waals surface area (Å²) >= 11 is 0. The predicted molar refractivity (Wildman–Crippen MR) is 92.8 cm³/mol. The summed E-state index contributed by atoms with van der Waals surface area (Å²) < 4.78 is 5.05. The van der Waals surface area contributed by atoms with Gasteiger partial charge in [-0.05, 0) is 39.0 Å². The van der Waals surface area contributed by atoms with Crippen LogP contribution in [0.3, 0.4) is 0 Å². The summed E-state index contributed by atoms with van der Waals surface area (Å²) in [5, 5.41) is 7.77. The van der Waals surface area contributed by atoms with Gasteiger partial charge in [-0.1, -0.05) is 19.9 Å². The van der Waals surface area contributed by atoms with Crippen molar-refractivity contribution in [2.45, 2.75) is 40.2 Å². The minimum Gasteiger partial charge on any atom is -0.444 e. The molecule has 0 atom stereocenters. The van der Waals surface area contributed by atoms with Gasteiger partial charge in [-0.25, -0.2) is 4.79 Å². The van der Waals surface area contributed by atoms with Crippen molar-refractivity contribution in [3.8, 4) is 0 Å². The normalized spacial score (nSPS) is 10.9. The van der Waals surface area contributed by atoms with Crippen molar-refractivity contribution in [2.24, 2.45) is 5.92 Å². The fourth-order valence-electron chi connectivity index (χ4n) is 1.63. The van der Waals surface area contributed by atoms with Crippen molar-refractivity contribution in [1.29, 1.82) is 0 Å². The van der Waals surface area contributed by atoms with E-state index in [9.17, 15) is 14.4 Å². The Balaban J connectivity index is 2.52. The second-order valence-corrected chi connectivity index (χ2v) is 6.63. The van der Waals surface area contributed by atoms with Crippen molar-refractivity contribution in [2.75, 3.05) is 17.2 Å². The molecule has 132 valence electrons. The Labute approximate surface area is 142 Å². The molecule has 1 aromatic rings. The highest BCUT2D eigenvalue weighted by molar-refractivity contribution is 5.96. The number of carbonyl (C=O) groups excluding carboxylic acids is 3. The first-order chi connectivity index (χ1) is 11.1. The van der Waals surface area contributed by atoms with Crippen LogP contribution < -0.4 is 16.0 Å². The molecule has 3 N–H and O–H groups in total. The Kier molecular flexibility index (Phi) is 6.76. The Morgan fingerprint density at radius 3 is 2.21 bits per heavy atom. The van der Waals surface area contributed by atoms with Crippen LogP contribution in [0.1, 0.15) is 34.6 Å².